The first-order valence-corrected chi connectivity index (χ1v) is 9.97. The standard InChI is InChI=1S/C17H24N8S/c1-3-5-15-20-22-17(26-15)25-8-4-6-13(10-25)16-21-19-14(23(16)2)11-24-9-7-18-12-24/h7,9,12-13H,3-6,8,10-11H2,1-2H3/t13-/m1/s1. The maximum absolute atomic E-state index is 4.50. The highest BCUT2D eigenvalue weighted by atomic mass is 32.1. The summed E-state index contributed by atoms with van der Waals surface area (Å²) in [4.78, 5) is 6.45. The van der Waals surface area contributed by atoms with Crippen LogP contribution in [0.1, 0.15) is 48.8 Å². The molecule has 4 heterocycles. The molecule has 8 nitrogen and oxygen atoms in total. The van der Waals surface area contributed by atoms with E-state index < -0.39 is 0 Å². The van der Waals surface area contributed by atoms with Crippen LogP contribution >= 0.6 is 11.3 Å². The molecule has 3 aromatic heterocycles. The van der Waals surface area contributed by atoms with E-state index in [1.165, 1.54) is 0 Å². The Morgan fingerprint density at radius 2 is 2.15 bits per heavy atom. The molecule has 26 heavy (non-hydrogen) atoms. The van der Waals surface area contributed by atoms with Crippen molar-refractivity contribution >= 4 is 16.5 Å². The Bertz CT molecular complexity index is 837. The van der Waals surface area contributed by atoms with Crippen LogP contribution in [0.5, 0.6) is 0 Å². The molecule has 0 amide bonds. The summed E-state index contributed by atoms with van der Waals surface area (Å²) >= 11 is 1.72. The summed E-state index contributed by atoms with van der Waals surface area (Å²) in [5.74, 6) is 2.38. The van der Waals surface area contributed by atoms with Gasteiger partial charge >= 0.3 is 0 Å². The summed E-state index contributed by atoms with van der Waals surface area (Å²) in [5.41, 5.74) is 0. The van der Waals surface area contributed by atoms with E-state index in [1.54, 1.807) is 23.9 Å². The molecule has 0 aromatic carbocycles. The van der Waals surface area contributed by atoms with Gasteiger partial charge in [-0.05, 0) is 19.3 Å². The summed E-state index contributed by atoms with van der Waals surface area (Å²) < 4.78 is 4.15. The number of anilines is 1. The lowest BCUT2D eigenvalue weighted by Gasteiger charge is -2.31. The Labute approximate surface area is 156 Å². The molecular weight excluding hydrogens is 348 g/mol. The second kappa shape index (κ2) is 7.53. The van der Waals surface area contributed by atoms with Gasteiger partial charge in [0.25, 0.3) is 0 Å². The fourth-order valence-electron chi connectivity index (χ4n) is 3.46. The zero-order valence-electron chi connectivity index (χ0n) is 15.2. The number of nitrogens with zero attached hydrogens (tertiary/aromatic N) is 8. The normalized spacial score (nSPS) is 17.8. The number of hydrogen-bond donors (Lipinski definition) is 0. The quantitative estimate of drug-likeness (QED) is 0.660. The topological polar surface area (TPSA) is 77.6 Å². The first-order valence-electron chi connectivity index (χ1n) is 9.15. The Kier molecular flexibility index (Phi) is 4.96. The van der Waals surface area contributed by atoms with E-state index in [1.807, 2.05) is 10.8 Å². The summed E-state index contributed by atoms with van der Waals surface area (Å²) in [6, 6.07) is 0. The Balaban J connectivity index is 1.48. The van der Waals surface area contributed by atoms with Crippen LogP contribution in [0.25, 0.3) is 0 Å². The minimum absolute atomic E-state index is 0.372. The number of aryl methyl sites for hydroxylation is 1. The van der Waals surface area contributed by atoms with E-state index in [9.17, 15) is 0 Å². The highest BCUT2D eigenvalue weighted by Crippen LogP contribution is 2.31. The smallest absolute Gasteiger partial charge is 0.208 e. The summed E-state index contributed by atoms with van der Waals surface area (Å²) in [6.45, 7) is 4.83. The van der Waals surface area contributed by atoms with Gasteiger partial charge in [-0.1, -0.05) is 18.3 Å². The Hall–Kier alpha value is -2.29. The third kappa shape index (κ3) is 3.48. The fourth-order valence-corrected chi connectivity index (χ4v) is 4.44. The molecule has 0 bridgehead atoms. The van der Waals surface area contributed by atoms with Crippen molar-refractivity contribution in [3.8, 4) is 0 Å². The third-order valence-electron chi connectivity index (χ3n) is 4.86. The van der Waals surface area contributed by atoms with E-state index in [4.69, 9.17) is 0 Å². The molecule has 3 aromatic rings. The molecular formula is C17H24N8S. The minimum atomic E-state index is 0.372. The molecule has 1 saturated heterocycles. The van der Waals surface area contributed by atoms with Gasteiger partial charge in [-0.2, -0.15) is 0 Å². The molecule has 1 aliphatic heterocycles. The molecule has 1 fully saturated rings. The van der Waals surface area contributed by atoms with Crippen LogP contribution in [-0.2, 0) is 20.0 Å². The molecule has 0 saturated carbocycles. The molecule has 0 radical (unpaired) electrons. The van der Waals surface area contributed by atoms with Gasteiger partial charge in [0.1, 0.15) is 10.8 Å². The monoisotopic (exact) mass is 372 g/mol. The van der Waals surface area contributed by atoms with Crippen molar-refractivity contribution in [1.82, 2.24) is 34.5 Å². The first-order chi connectivity index (χ1) is 12.7. The van der Waals surface area contributed by atoms with E-state index in [0.717, 1.165) is 60.6 Å². The van der Waals surface area contributed by atoms with Gasteiger partial charge in [0.05, 0.1) is 12.9 Å². The van der Waals surface area contributed by atoms with Gasteiger partial charge in [-0.15, -0.1) is 20.4 Å². The lowest BCUT2D eigenvalue weighted by atomic mass is 9.97. The van der Waals surface area contributed by atoms with Crippen molar-refractivity contribution in [2.24, 2.45) is 7.05 Å². The van der Waals surface area contributed by atoms with Crippen molar-refractivity contribution in [2.45, 2.75) is 45.1 Å². The number of imidazole rings is 1. The maximum atomic E-state index is 4.50. The maximum Gasteiger partial charge on any atom is 0.208 e. The lowest BCUT2D eigenvalue weighted by molar-refractivity contribution is 0.477. The summed E-state index contributed by atoms with van der Waals surface area (Å²) in [7, 11) is 2.06. The molecule has 0 unspecified atom stereocenters. The fraction of sp³-hybridized carbons (Fsp3) is 0.588. The van der Waals surface area contributed by atoms with Gasteiger partial charge in [-0.3, -0.25) is 0 Å². The zero-order chi connectivity index (χ0) is 17.9. The van der Waals surface area contributed by atoms with Gasteiger partial charge in [-0.25, -0.2) is 4.98 Å². The highest BCUT2D eigenvalue weighted by molar-refractivity contribution is 7.15. The number of aromatic nitrogens is 7. The van der Waals surface area contributed by atoms with Gasteiger partial charge in [0.15, 0.2) is 5.82 Å². The highest BCUT2D eigenvalue weighted by Gasteiger charge is 2.27. The van der Waals surface area contributed by atoms with Gasteiger partial charge in [0, 0.05) is 44.9 Å². The van der Waals surface area contributed by atoms with Gasteiger partial charge in [0.2, 0.25) is 5.13 Å². The molecule has 1 atom stereocenters. The van der Waals surface area contributed by atoms with Crippen LogP contribution in [0.2, 0.25) is 0 Å². The summed E-state index contributed by atoms with van der Waals surface area (Å²) in [6.07, 6.45) is 9.92. The van der Waals surface area contributed by atoms with Crippen LogP contribution in [0, 0.1) is 0 Å². The zero-order valence-corrected chi connectivity index (χ0v) is 16.1. The lowest BCUT2D eigenvalue weighted by Crippen LogP contribution is -2.35. The largest absolute Gasteiger partial charge is 0.346 e. The van der Waals surface area contributed by atoms with Crippen molar-refractivity contribution in [1.29, 1.82) is 0 Å². The number of hydrogen-bond acceptors (Lipinski definition) is 7. The van der Waals surface area contributed by atoms with Crippen molar-refractivity contribution in [2.75, 3.05) is 18.0 Å². The van der Waals surface area contributed by atoms with Crippen LogP contribution in [-0.4, -0.2) is 47.6 Å². The van der Waals surface area contributed by atoms with Crippen LogP contribution in [0.15, 0.2) is 18.7 Å². The summed E-state index contributed by atoms with van der Waals surface area (Å²) in [5, 5.41) is 19.8. The average molecular weight is 373 g/mol. The molecule has 0 N–H and O–H groups in total. The molecule has 1 aliphatic rings. The molecule has 138 valence electrons. The van der Waals surface area contributed by atoms with Crippen LogP contribution in [0.3, 0.4) is 0 Å². The average Bonchev–Trinajstić information content (AvgIpc) is 3.39. The molecule has 4 rings (SSSR count). The molecule has 0 spiro atoms. The Morgan fingerprint density at radius 1 is 1.23 bits per heavy atom. The van der Waals surface area contributed by atoms with Crippen LogP contribution in [0.4, 0.5) is 5.13 Å². The minimum Gasteiger partial charge on any atom is -0.346 e. The molecule has 0 aliphatic carbocycles. The first kappa shape index (κ1) is 17.1. The van der Waals surface area contributed by atoms with Crippen molar-refractivity contribution < 1.29 is 0 Å². The van der Waals surface area contributed by atoms with E-state index >= 15 is 0 Å². The van der Waals surface area contributed by atoms with E-state index in [2.05, 4.69) is 48.8 Å². The predicted molar refractivity (Wildman–Crippen MR) is 100 cm³/mol. The number of piperidine rings is 1. The second-order valence-corrected chi connectivity index (χ2v) is 7.82. The van der Waals surface area contributed by atoms with Crippen molar-refractivity contribution in [3.05, 3.63) is 35.4 Å². The predicted octanol–water partition coefficient (Wildman–Crippen LogP) is 2.25. The third-order valence-corrected chi connectivity index (χ3v) is 5.90. The number of rotatable bonds is 6. The van der Waals surface area contributed by atoms with E-state index in [-0.39, 0.29) is 0 Å². The second-order valence-electron chi connectivity index (χ2n) is 6.78. The van der Waals surface area contributed by atoms with E-state index in [0.29, 0.717) is 12.5 Å². The molecule has 9 heteroatoms. The van der Waals surface area contributed by atoms with Crippen LogP contribution < -0.4 is 4.90 Å². The van der Waals surface area contributed by atoms with Gasteiger partial charge < -0.3 is 14.0 Å². The SMILES string of the molecule is CCCc1nnc(N2CCC[C@@H](c3nnc(Cn4ccnc4)n3C)C2)s1. The van der Waals surface area contributed by atoms with Crippen molar-refractivity contribution in [3.63, 3.8) is 0 Å². The Morgan fingerprint density at radius 3 is 2.96 bits per heavy atom.